The Morgan fingerprint density at radius 3 is 2.73 bits per heavy atom. The van der Waals surface area contributed by atoms with Crippen LogP contribution in [-0.4, -0.2) is 39.4 Å². The first-order valence-electron chi connectivity index (χ1n) is 9.35. The lowest BCUT2D eigenvalue weighted by atomic mass is 9.94. The number of likely N-dealkylation sites (tertiary alicyclic amines) is 1. The van der Waals surface area contributed by atoms with Crippen molar-refractivity contribution in [3.63, 3.8) is 0 Å². The molecule has 1 atom stereocenters. The lowest BCUT2D eigenvalue weighted by Crippen LogP contribution is -2.50. The molecule has 1 aliphatic rings. The number of hydrogen-bond donors (Lipinski definition) is 1. The molecule has 2 aromatic rings. The molecule has 1 aromatic carbocycles. The third kappa shape index (κ3) is 3.45. The van der Waals surface area contributed by atoms with Crippen LogP contribution in [-0.2, 0) is 22.2 Å². The van der Waals surface area contributed by atoms with E-state index in [2.05, 4.69) is 5.32 Å². The monoisotopic (exact) mass is 356 g/mol. The van der Waals surface area contributed by atoms with E-state index in [1.54, 1.807) is 0 Å². The van der Waals surface area contributed by atoms with Gasteiger partial charge in [0.2, 0.25) is 11.8 Å². The molecule has 1 aromatic heterocycles. The summed E-state index contributed by atoms with van der Waals surface area (Å²) in [5, 5.41) is 3.16. The molecule has 26 heavy (non-hydrogen) atoms. The molecule has 1 aliphatic heterocycles. The first kappa shape index (κ1) is 18.4. The highest BCUT2D eigenvalue weighted by atomic mass is 16.2. The van der Waals surface area contributed by atoms with E-state index in [1.165, 1.54) is 0 Å². The molecule has 6 heteroatoms. The van der Waals surface area contributed by atoms with E-state index < -0.39 is 5.54 Å². The highest BCUT2D eigenvalue weighted by Crippen LogP contribution is 2.25. The predicted molar refractivity (Wildman–Crippen MR) is 101 cm³/mol. The first-order valence-corrected chi connectivity index (χ1v) is 9.35. The van der Waals surface area contributed by atoms with E-state index in [1.807, 2.05) is 61.6 Å². The smallest absolute Gasteiger partial charge is 0.225 e. The number of carbonyl (C=O) groups excluding carboxylic acids is 2. The summed E-state index contributed by atoms with van der Waals surface area (Å²) in [4.78, 5) is 31.4. The van der Waals surface area contributed by atoms with Crippen LogP contribution in [0.25, 0.3) is 11.0 Å². The summed E-state index contributed by atoms with van der Waals surface area (Å²) >= 11 is 0. The van der Waals surface area contributed by atoms with E-state index >= 15 is 0 Å². The van der Waals surface area contributed by atoms with Gasteiger partial charge in [0.15, 0.2) is 0 Å². The van der Waals surface area contributed by atoms with Gasteiger partial charge in [0.25, 0.3) is 0 Å². The Kier molecular flexibility index (Phi) is 5.03. The second-order valence-electron chi connectivity index (χ2n) is 7.63. The van der Waals surface area contributed by atoms with E-state index in [0.29, 0.717) is 13.0 Å². The first-order chi connectivity index (χ1) is 12.3. The second kappa shape index (κ2) is 7.09. The number of aryl methyl sites for hydroxylation is 1. The Labute approximate surface area is 154 Å². The molecule has 3 rings (SSSR count). The number of hydrogen-bond acceptors (Lipinski definition) is 3. The van der Waals surface area contributed by atoms with Gasteiger partial charge in [0.05, 0.1) is 22.5 Å². The van der Waals surface area contributed by atoms with Crippen molar-refractivity contribution in [1.29, 1.82) is 0 Å². The highest BCUT2D eigenvalue weighted by Gasteiger charge is 2.33. The highest BCUT2D eigenvalue weighted by molar-refractivity contribution is 5.82. The third-order valence-corrected chi connectivity index (χ3v) is 5.23. The fourth-order valence-corrected chi connectivity index (χ4v) is 3.81. The molecule has 1 N–H and O–H groups in total. The molecule has 0 spiro atoms. The van der Waals surface area contributed by atoms with Crippen molar-refractivity contribution >= 4 is 22.8 Å². The Morgan fingerprint density at radius 1 is 1.31 bits per heavy atom. The fourth-order valence-electron chi connectivity index (χ4n) is 3.81. The summed E-state index contributed by atoms with van der Waals surface area (Å²) in [7, 11) is 1.97. The maximum Gasteiger partial charge on any atom is 0.225 e. The minimum atomic E-state index is -0.595. The van der Waals surface area contributed by atoms with Gasteiger partial charge in [0, 0.05) is 26.6 Å². The van der Waals surface area contributed by atoms with E-state index in [-0.39, 0.29) is 17.7 Å². The van der Waals surface area contributed by atoms with Gasteiger partial charge in [-0.15, -0.1) is 0 Å². The summed E-state index contributed by atoms with van der Waals surface area (Å²) in [6.45, 7) is 7.08. The molecule has 0 saturated carbocycles. The largest absolute Gasteiger partial charge is 0.344 e. The number of amides is 2. The average Bonchev–Trinajstić information content (AvgIpc) is 2.99. The van der Waals surface area contributed by atoms with Crippen LogP contribution in [0.1, 0.15) is 45.9 Å². The maximum atomic E-state index is 12.9. The lowest BCUT2D eigenvalue weighted by molar-refractivity contribution is -0.136. The lowest BCUT2D eigenvalue weighted by Gasteiger charge is -2.34. The Balaban J connectivity index is 1.76. The number of fused-ring (bicyclic) bond motifs is 1. The Hall–Kier alpha value is -2.37. The number of piperidine rings is 1. The van der Waals surface area contributed by atoms with Gasteiger partial charge in [-0.05, 0) is 38.8 Å². The quantitative estimate of drug-likeness (QED) is 0.915. The number of aromatic nitrogens is 2. The van der Waals surface area contributed by atoms with Crippen molar-refractivity contribution < 1.29 is 9.59 Å². The van der Waals surface area contributed by atoms with Gasteiger partial charge in [-0.3, -0.25) is 9.59 Å². The van der Waals surface area contributed by atoms with Crippen LogP contribution in [0.4, 0.5) is 0 Å². The maximum absolute atomic E-state index is 12.9. The summed E-state index contributed by atoms with van der Waals surface area (Å²) < 4.78 is 2.03. The minimum Gasteiger partial charge on any atom is -0.344 e. The van der Waals surface area contributed by atoms with Crippen LogP contribution in [0, 0.1) is 5.92 Å². The molecule has 0 bridgehead atoms. The van der Waals surface area contributed by atoms with Gasteiger partial charge >= 0.3 is 0 Å². The third-order valence-electron chi connectivity index (χ3n) is 5.23. The van der Waals surface area contributed by atoms with Crippen molar-refractivity contribution in [2.75, 3.05) is 13.1 Å². The summed E-state index contributed by atoms with van der Waals surface area (Å²) in [6.07, 6.45) is 2.17. The number of rotatable bonds is 4. The van der Waals surface area contributed by atoms with Gasteiger partial charge in [0.1, 0.15) is 5.82 Å². The predicted octanol–water partition coefficient (Wildman–Crippen LogP) is 2.57. The van der Waals surface area contributed by atoms with Gasteiger partial charge in [-0.2, -0.15) is 0 Å². The van der Waals surface area contributed by atoms with Crippen LogP contribution in [0.3, 0.4) is 0 Å². The second-order valence-corrected chi connectivity index (χ2v) is 7.63. The minimum absolute atomic E-state index is 0.00402. The Morgan fingerprint density at radius 2 is 2.04 bits per heavy atom. The summed E-state index contributed by atoms with van der Waals surface area (Å²) in [6, 6.07) is 7.96. The summed E-state index contributed by atoms with van der Waals surface area (Å²) in [5.41, 5.74) is 1.37. The van der Waals surface area contributed by atoms with Crippen molar-refractivity contribution in [2.45, 2.75) is 45.6 Å². The molecule has 1 fully saturated rings. The average molecular weight is 356 g/mol. The normalized spacial score (nSPS) is 18.2. The van der Waals surface area contributed by atoms with Gasteiger partial charge in [-0.25, -0.2) is 4.98 Å². The van der Waals surface area contributed by atoms with Crippen molar-refractivity contribution in [3.8, 4) is 0 Å². The van der Waals surface area contributed by atoms with E-state index in [9.17, 15) is 9.59 Å². The molecule has 1 unspecified atom stereocenters. The molecule has 2 heterocycles. The molecule has 2 amide bonds. The van der Waals surface area contributed by atoms with Crippen molar-refractivity contribution in [2.24, 2.45) is 13.0 Å². The Bertz CT molecular complexity index is 824. The SMILES string of the molecule is CCC(=O)N1CCCC(C(=O)NC(C)(C)c2nc3ccccc3n2C)C1. The van der Waals surface area contributed by atoms with Crippen LogP contribution in [0.15, 0.2) is 24.3 Å². The molecule has 6 nitrogen and oxygen atoms in total. The van der Waals surface area contributed by atoms with Crippen LogP contribution >= 0.6 is 0 Å². The zero-order valence-electron chi connectivity index (χ0n) is 16.1. The zero-order valence-corrected chi connectivity index (χ0v) is 16.1. The van der Waals surface area contributed by atoms with Gasteiger partial charge in [-0.1, -0.05) is 19.1 Å². The zero-order chi connectivity index (χ0) is 18.9. The number of nitrogens with one attached hydrogen (secondary N) is 1. The summed E-state index contributed by atoms with van der Waals surface area (Å²) in [5.74, 6) is 0.783. The number of benzene rings is 1. The standard InChI is InChI=1S/C20H28N4O2/c1-5-17(25)24-12-8-9-14(13-24)18(26)22-20(2,3)19-21-15-10-6-7-11-16(15)23(19)4/h6-7,10-11,14H,5,8-9,12-13H2,1-4H3,(H,22,26). The van der Waals surface area contributed by atoms with Crippen LogP contribution in [0.5, 0.6) is 0 Å². The number of para-hydroxylation sites is 2. The van der Waals surface area contributed by atoms with Crippen molar-refractivity contribution in [3.05, 3.63) is 30.1 Å². The molecular weight excluding hydrogens is 328 g/mol. The number of imidazole rings is 1. The van der Waals surface area contributed by atoms with Crippen LogP contribution < -0.4 is 5.32 Å². The fraction of sp³-hybridized carbons (Fsp3) is 0.550. The molecule has 0 radical (unpaired) electrons. The molecule has 1 saturated heterocycles. The molecule has 0 aliphatic carbocycles. The number of carbonyl (C=O) groups is 2. The van der Waals surface area contributed by atoms with Crippen LogP contribution in [0.2, 0.25) is 0 Å². The molecule has 140 valence electrons. The molecular formula is C20H28N4O2. The topological polar surface area (TPSA) is 67.2 Å². The van der Waals surface area contributed by atoms with Crippen molar-refractivity contribution in [1.82, 2.24) is 19.8 Å². The van der Waals surface area contributed by atoms with E-state index in [4.69, 9.17) is 4.98 Å². The van der Waals surface area contributed by atoms with Gasteiger partial charge < -0.3 is 14.8 Å². The van der Waals surface area contributed by atoms with E-state index in [0.717, 1.165) is 36.2 Å². The number of nitrogens with zero attached hydrogens (tertiary/aromatic N) is 3.